The van der Waals surface area contributed by atoms with Crippen LogP contribution in [0.4, 0.5) is 0 Å². The van der Waals surface area contributed by atoms with Crippen molar-refractivity contribution in [3.05, 3.63) is 68.7 Å². The van der Waals surface area contributed by atoms with Crippen LogP contribution in [0.5, 0.6) is 0 Å². The molecular weight excluding hydrogens is 561 g/mol. The average molecular weight is 593 g/mol. The minimum Gasteiger partial charge on any atom is -0.380 e. The molecule has 7 nitrogen and oxygen atoms in total. The van der Waals surface area contributed by atoms with E-state index in [0.29, 0.717) is 78.9 Å². The number of piperidine rings is 2. The van der Waals surface area contributed by atoms with E-state index < -0.39 is 5.60 Å². The molecule has 2 aliphatic heterocycles. The number of rotatable bonds is 5. The van der Waals surface area contributed by atoms with Gasteiger partial charge in [0.15, 0.2) is 0 Å². The van der Waals surface area contributed by atoms with Crippen LogP contribution in [0.25, 0.3) is 0 Å². The van der Waals surface area contributed by atoms with Crippen molar-refractivity contribution in [2.24, 2.45) is 5.92 Å². The number of amides is 3. The first-order valence-corrected chi connectivity index (χ1v) is 14.5. The summed E-state index contributed by atoms with van der Waals surface area (Å²) in [7, 11) is 1.80. The second-order valence-electron chi connectivity index (χ2n) is 10.9. The Morgan fingerprint density at radius 1 is 0.897 bits per heavy atom. The van der Waals surface area contributed by atoms with E-state index in [4.69, 9.17) is 34.8 Å². The van der Waals surface area contributed by atoms with Gasteiger partial charge in [-0.1, -0.05) is 40.9 Å². The van der Waals surface area contributed by atoms with Gasteiger partial charge in [-0.2, -0.15) is 0 Å². The lowest BCUT2D eigenvalue weighted by Crippen LogP contribution is -2.54. The summed E-state index contributed by atoms with van der Waals surface area (Å²) in [6.07, 6.45) is 2.80. The lowest BCUT2D eigenvalue weighted by molar-refractivity contribution is -0.147. The highest BCUT2D eigenvalue weighted by atomic mass is 35.5. The summed E-state index contributed by atoms with van der Waals surface area (Å²) in [5.74, 6) is -0.590. The summed E-state index contributed by atoms with van der Waals surface area (Å²) in [4.78, 5) is 44.9. The van der Waals surface area contributed by atoms with Gasteiger partial charge in [-0.25, -0.2) is 0 Å². The van der Waals surface area contributed by atoms with Gasteiger partial charge in [0, 0.05) is 61.7 Å². The molecule has 3 fully saturated rings. The molecule has 208 valence electrons. The van der Waals surface area contributed by atoms with Crippen LogP contribution in [0, 0.1) is 5.92 Å². The van der Waals surface area contributed by atoms with E-state index in [1.54, 1.807) is 47.2 Å². The van der Waals surface area contributed by atoms with E-state index in [0.717, 1.165) is 5.56 Å². The zero-order valence-electron chi connectivity index (χ0n) is 21.8. The Hall–Kier alpha value is -2.32. The average Bonchev–Trinajstić information content (AvgIpc) is 3.71. The summed E-state index contributed by atoms with van der Waals surface area (Å²) in [5.41, 5.74) is 0.285. The molecular formula is C29H32Cl3N3O4. The fraction of sp³-hybridized carbons (Fsp3) is 0.483. The first-order valence-electron chi connectivity index (χ1n) is 13.4. The Labute approximate surface area is 243 Å². The molecule has 5 rings (SSSR count). The number of aliphatic hydroxyl groups is 1. The Bertz CT molecular complexity index is 1260. The summed E-state index contributed by atoms with van der Waals surface area (Å²) in [6, 6.07) is 12.1. The molecule has 2 aromatic carbocycles. The summed E-state index contributed by atoms with van der Waals surface area (Å²) >= 11 is 18.6. The van der Waals surface area contributed by atoms with Gasteiger partial charge in [0.1, 0.15) is 5.60 Å². The third-order valence-corrected chi connectivity index (χ3v) is 9.41. The third-order valence-electron chi connectivity index (χ3n) is 8.42. The predicted molar refractivity (Wildman–Crippen MR) is 151 cm³/mol. The SMILES string of the molecule is CN(C(=O)c1ccc(Cl)cc1)[C@@H]1CCN(C(=O)C2CCN(C(=O)C3(O)CC3)CC2)C[C@H]1c1ccc(Cl)c(Cl)c1. The molecule has 39 heavy (non-hydrogen) atoms. The molecule has 1 saturated carbocycles. The van der Waals surface area contributed by atoms with Gasteiger partial charge in [-0.05, 0) is 74.1 Å². The smallest absolute Gasteiger partial charge is 0.254 e. The highest BCUT2D eigenvalue weighted by Crippen LogP contribution is 2.39. The van der Waals surface area contributed by atoms with Gasteiger partial charge in [0.05, 0.1) is 10.0 Å². The number of hydrogen-bond acceptors (Lipinski definition) is 4. The summed E-state index contributed by atoms with van der Waals surface area (Å²) in [6.45, 7) is 1.92. The molecule has 0 spiro atoms. The molecule has 2 atom stereocenters. The van der Waals surface area contributed by atoms with Gasteiger partial charge in [0.2, 0.25) is 5.91 Å². The van der Waals surface area contributed by atoms with Crippen molar-refractivity contribution in [1.29, 1.82) is 0 Å². The van der Waals surface area contributed by atoms with Crippen LogP contribution in [0.2, 0.25) is 15.1 Å². The maximum Gasteiger partial charge on any atom is 0.254 e. The number of likely N-dealkylation sites (tertiary alicyclic amines) is 2. The van der Waals surface area contributed by atoms with Gasteiger partial charge in [0.25, 0.3) is 11.8 Å². The van der Waals surface area contributed by atoms with Crippen LogP contribution in [0.15, 0.2) is 42.5 Å². The Kier molecular flexibility index (Phi) is 8.16. The van der Waals surface area contributed by atoms with Crippen molar-refractivity contribution < 1.29 is 19.5 Å². The largest absolute Gasteiger partial charge is 0.380 e. The zero-order valence-corrected chi connectivity index (χ0v) is 24.1. The van der Waals surface area contributed by atoms with E-state index in [2.05, 4.69) is 0 Å². The van der Waals surface area contributed by atoms with Crippen molar-refractivity contribution in [3.63, 3.8) is 0 Å². The highest BCUT2D eigenvalue weighted by Gasteiger charge is 2.50. The lowest BCUT2D eigenvalue weighted by Gasteiger charge is -2.44. The van der Waals surface area contributed by atoms with Gasteiger partial charge >= 0.3 is 0 Å². The molecule has 3 aliphatic rings. The van der Waals surface area contributed by atoms with E-state index in [-0.39, 0.29) is 35.6 Å². The molecule has 0 radical (unpaired) electrons. The fourth-order valence-corrected chi connectivity index (χ4v) is 6.27. The lowest BCUT2D eigenvalue weighted by atomic mass is 9.83. The summed E-state index contributed by atoms with van der Waals surface area (Å²) in [5, 5.41) is 11.6. The molecule has 2 aromatic rings. The molecule has 10 heteroatoms. The number of hydrogen-bond donors (Lipinski definition) is 1. The zero-order chi connectivity index (χ0) is 27.9. The minimum atomic E-state index is -1.18. The Morgan fingerprint density at radius 2 is 1.54 bits per heavy atom. The number of nitrogens with zero attached hydrogens (tertiary/aromatic N) is 3. The van der Waals surface area contributed by atoms with Crippen molar-refractivity contribution in [3.8, 4) is 0 Å². The molecule has 1 aliphatic carbocycles. The van der Waals surface area contributed by atoms with Crippen LogP contribution < -0.4 is 0 Å². The Balaban J connectivity index is 1.31. The number of likely N-dealkylation sites (N-methyl/N-ethyl adjacent to an activating group) is 1. The van der Waals surface area contributed by atoms with Crippen LogP contribution in [-0.2, 0) is 9.59 Å². The third kappa shape index (κ3) is 5.92. The van der Waals surface area contributed by atoms with E-state index in [1.165, 1.54) is 0 Å². The molecule has 0 unspecified atom stereocenters. The Morgan fingerprint density at radius 3 is 2.15 bits per heavy atom. The van der Waals surface area contributed by atoms with E-state index in [1.807, 2.05) is 17.0 Å². The first kappa shape index (κ1) is 28.2. The number of carbonyl (C=O) groups excluding carboxylic acids is 3. The maximum absolute atomic E-state index is 13.6. The number of halogens is 3. The van der Waals surface area contributed by atoms with Crippen LogP contribution in [-0.4, -0.2) is 82.4 Å². The topological polar surface area (TPSA) is 81.2 Å². The van der Waals surface area contributed by atoms with Crippen LogP contribution >= 0.6 is 34.8 Å². The van der Waals surface area contributed by atoms with E-state index in [9.17, 15) is 19.5 Å². The number of carbonyl (C=O) groups is 3. The molecule has 0 bridgehead atoms. The predicted octanol–water partition coefficient (Wildman–Crippen LogP) is 4.87. The molecule has 1 N–H and O–H groups in total. The van der Waals surface area contributed by atoms with Gasteiger partial charge < -0.3 is 19.8 Å². The van der Waals surface area contributed by atoms with Crippen molar-refractivity contribution >= 4 is 52.5 Å². The van der Waals surface area contributed by atoms with Crippen molar-refractivity contribution in [2.75, 3.05) is 33.2 Å². The van der Waals surface area contributed by atoms with Crippen molar-refractivity contribution in [1.82, 2.24) is 14.7 Å². The van der Waals surface area contributed by atoms with E-state index >= 15 is 0 Å². The number of benzene rings is 2. The minimum absolute atomic E-state index is 0.0717. The molecule has 3 amide bonds. The highest BCUT2D eigenvalue weighted by molar-refractivity contribution is 6.42. The van der Waals surface area contributed by atoms with Crippen LogP contribution in [0.3, 0.4) is 0 Å². The maximum atomic E-state index is 13.6. The second-order valence-corrected chi connectivity index (χ2v) is 12.2. The standard InChI is InChI=1S/C29H32Cl3N3O4/c1-33(26(36)18-2-5-21(30)6-3-18)25-10-15-35(17-22(25)20-4-7-23(31)24(32)16-20)27(37)19-8-13-34(14-9-19)28(38)29(39)11-12-29/h2-7,16,19,22,25,39H,8-15,17H2,1H3/t22-,25+/m0/s1. The van der Waals surface area contributed by atoms with Gasteiger partial charge in [-0.15, -0.1) is 0 Å². The molecule has 2 saturated heterocycles. The first-order chi connectivity index (χ1) is 18.6. The fourth-order valence-electron chi connectivity index (χ4n) is 5.84. The normalized spacial score (nSPS) is 22.9. The molecule has 0 aromatic heterocycles. The molecule has 2 heterocycles. The van der Waals surface area contributed by atoms with Crippen molar-refractivity contribution in [2.45, 2.75) is 49.7 Å². The van der Waals surface area contributed by atoms with Gasteiger partial charge in [-0.3, -0.25) is 14.4 Å². The quantitative estimate of drug-likeness (QED) is 0.537. The monoisotopic (exact) mass is 591 g/mol. The second kappa shape index (κ2) is 11.3. The summed E-state index contributed by atoms with van der Waals surface area (Å²) < 4.78 is 0. The van der Waals surface area contributed by atoms with Crippen LogP contribution in [0.1, 0.15) is 53.9 Å².